The summed E-state index contributed by atoms with van der Waals surface area (Å²) in [6.45, 7) is 3.59. The Labute approximate surface area is 147 Å². The number of para-hydroxylation sites is 1. The summed E-state index contributed by atoms with van der Waals surface area (Å²) in [6, 6.07) is 11.6. The summed E-state index contributed by atoms with van der Waals surface area (Å²) in [6.07, 6.45) is 1.28. The highest BCUT2D eigenvalue weighted by atomic mass is 32.2. The van der Waals surface area contributed by atoms with Gasteiger partial charge < -0.3 is 5.32 Å². The van der Waals surface area contributed by atoms with Crippen molar-refractivity contribution in [2.24, 2.45) is 0 Å². The number of aryl methyl sites for hydroxylation is 1. The van der Waals surface area contributed by atoms with Crippen molar-refractivity contribution < 1.29 is 17.6 Å². The summed E-state index contributed by atoms with van der Waals surface area (Å²) < 4.78 is 39.5. The molecule has 2 aromatic rings. The molecule has 0 saturated heterocycles. The molecule has 1 amide bonds. The van der Waals surface area contributed by atoms with Gasteiger partial charge in [-0.15, -0.1) is 0 Å². The van der Waals surface area contributed by atoms with E-state index in [0.29, 0.717) is 5.69 Å². The Hall–Kier alpha value is -2.41. The van der Waals surface area contributed by atoms with Gasteiger partial charge in [0, 0.05) is 0 Å². The average molecular weight is 364 g/mol. The summed E-state index contributed by atoms with van der Waals surface area (Å²) in [7, 11) is -3.71. The van der Waals surface area contributed by atoms with Crippen LogP contribution in [0.5, 0.6) is 0 Å². The monoisotopic (exact) mass is 364 g/mol. The largest absolute Gasteiger partial charge is 0.322 e. The summed E-state index contributed by atoms with van der Waals surface area (Å²) in [4.78, 5) is 12.6. The Bertz CT molecular complexity index is 851. The number of benzene rings is 2. The number of amides is 1. The van der Waals surface area contributed by atoms with Gasteiger partial charge in [0.2, 0.25) is 15.9 Å². The van der Waals surface area contributed by atoms with Crippen LogP contribution in [-0.4, -0.2) is 26.6 Å². The highest BCUT2D eigenvalue weighted by Gasteiger charge is 2.31. The smallest absolute Gasteiger partial charge is 0.248 e. The molecule has 5 nitrogen and oxygen atoms in total. The molecule has 0 aromatic heterocycles. The summed E-state index contributed by atoms with van der Waals surface area (Å²) in [5, 5.41) is 2.47. The number of nitrogens with one attached hydrogen (secondary N) is 1. The minimum absolute atomic E-state index is 0.0170. The maximum absolute atomic E-state index is 13.8. The van der Waals surface area contributed by atoms with E-state index in [-0.39, 0.29) is 12.1 Å². The van der Waals surface area contributed by atoms with Crippen LogP contribution < -0.4 is 9.62 Å². The maximum Gasteiger partial charge on any atom is 0.248 e. The van der Waals surface area contributed by atoms with E-state index in [1.807, 2.05) is 6.92 Å². The van der Waals surface area contributed by atoms with Gasteiger partial charge in [0.25, 0.3) is 0 Å². The van der Waals surface area contributed by atoms with Crippen LogP contribution in [0.25, 0.3) is 0 Å². The third-order valence-corrected chi connectivity index (χ3v) is 4.93. The first-order valence-electron chi connectivity index (χ1n) is 7.85. The normalized spacial score (nSPS) is 12.5. The fourth-order valence-corrected chi connectivity index (χ4v) is 3.74. The van der Waals surface area contributed by atoms with Gasteiger partial charge in [-0.25, -0.2) is 12.8 Å². The lowest BCUT2D eigenvalue weighted by molar-refractivity contribution is -0.117. The van der Waals surface area contributed by atoms with Gasteiger partial charge in [0.15, 0.2) is 0 Å². The molecule has 0 aliphatic rings. The molecule has 0 spiro atoms. The molecule has 0 aliphatic heterocycles. The summed E-state index contributed by atoms with van der Waals surface area (Å²) >= 11 is 0. The van der Waals surface area contributed by atoms with Crippen LogP contribution >= 0.6 is 0 Å². The lowest BCUT2D eigenvalue weighted by Gasteiger charge is -2.30. The average Bonchev–Trinajstić information content (AvgIpc) is 2.54. The number of rotatable bonds is 6. The Morgan fingerprint density at radius 3 is 2.28 bits per heavy atom. The third-order valence-electron chi connectivity index (χ3n) is 3.75. The zero-order chi connectivity index (χ0) is 18.6. The Morgan fingerprint density at radius 2 is 1.76 bits per heavy atom. The number of nitrogens with zero attached hydrogens (tertiary/aromatic N) is 1. The predicted octanol–water partition coefficient (Wildman–Crippen LogP) is 3.32. The van der Waals surface area contributed by atoms with Crippen molar-refractivity contribution in [1.82, 2.24) is 0 Å². The molecule has 0 unspecified atom stereocenters. The molecule has 0 bridgehead atoms. The number of halogens is 1. The topological polar surface area (TPSA) is 66.5 Å². The van der Waals surface area contributed by atoms with Gasteiger partial charge in [-0.3, -0.25) is 9.10 Å². The predicted molar refractivity (Wildman–Crippen MR) is 97.6 cm³/mol. The van der Waals surface area contributed by atoms with E-state index in [0.717, 1.165) is 16.1 Å². The maximum atomic E-state index is 13.8. The van der Waals surface area contributed by atoms with E-state index in [1.54, 1.807) is 37.3 Å². The van der Waals surface area contributed by atoms with E-state index < -0.39 is 27.8 Å². The lowest BCUT2D eigenvalue weighted by atomic mass is 10.1. The second-order valence-electron chi connectivity index (χ2n) is 5.79. The van der Waals surface area contributed by atoms with Gasteiger partial charge in [0.1, 0.15) is 11.9 Å². The van der Waals surface area contributed by atoms with E-state index in [1.165, 1.54) is 18.2 Å². The Morgan fingerprint density at radius 1 is 1.16 bits per heavy atom. The second-order valence-corrected chi connectivity index (χ2v) is 7.65. The van der Waals surface area contributed by atoms with Gasteiger partial charge in [-0.1, -0.05) is 36.8 Å². The minimum Gasteiger partial charge on any atom is -0.322 e. The summed E-state index contributed by atoms with van der Waals surface area (Å²) in [5.41, 5.74) is 1.38. The molecule has 2 aromatic carbocycles. The van der Waals surface area contributed by atoms with Crippen LogP contribution in [0.2, 0.25) is 0 Å². The second kappa shape index (κ2) is 7.65. The molecule has 0 saturated carbocycles. The van der Waals surface area contributed by atoms with Crippen molar-refractivity contribution in [2.45, 2.75) is 26.3 Å². The standard InChI is InChI=1S/C18H21FN2O3S/c1-4-17(18(22)20-16-8-6-5-7-15(16)19)21(25(3,23)24)14-11-9-13(2)10-12-14/h5-12,17H,4H2,1-3H3,(H,20,22)/t17-/m1/s1. The number of anilines is 2. The highest BCUT2D eigenvalue weighted by Crippen LogP contribution is 2.24. The molecular weight excluding hydrogens is 343 g/mol. The molecule has 1 N–H and O–H groups in total. The SMILES string of the molecule is CC[C@H](C(=O)Nc1ccccc1F)N(c1ccc(C)cc1)S(C)(=O)=O. The van der Waals surface area contributed by atoms with Crippen LogP contribution in [0.1, 0.15) is 18.9 Å². The summed E-state index contributed by atoms with van der Waals surface area (Å²) in [5.74, 6) is -1.16. The van der Waals surface area contributed by atoms with Crippen molar-refractivity contribution in [3.05, 3.63) is 59.9 Å². The van der Waals surface area contributed by atoms with Gasteiger partial charge in [0.05, 0.1) is 17.6 Å². The first kappa shape index (κ1) is 18.9. The third kappa shape index (κ3) is 4.57. The number of carbonyl (C=O) groups excluding carboxylic acids is 1. The van der Waals surface area contributed by atoms with Crippen LogP contribution in [-0.2, 0) is 14.8 Å². The van der Waals surface area contributed by atoms with Gasteiger partial charge >= 0.3 is 0 Å². The quantitative estimate of drug-likeness (QED) is 0.855. The molecule has 0 radical (unpaired) electrons. The van der Waals surface area contributed by atoms with Crippen molar-refractivity contribution in [3.63, 3.8) is 0 Å². The van der Waals surface area contributed by atoms with Crippen LogP contribution in [0.4, 0.5) is 15.8 Å². The van der Waals surface area contributed by atoms with Crippen LogP contribution in [0.3, 0.4) is 0 Å². The zero-order valence-corrected chi connectivity index (χ0v) is 15.2. The molecule has 25 heavy (non-hydrogen) atoms. The van der Waals surface area contributed by atoms with Gasteiger partial charge in [-0.2, -0.15) is 0 Å². The van der Waals surface area contributed by atoms with Gasteiger partial charge in [-0.05, 0) is 37.6 Å². The highest BCUT2D eigenvalue weighted by molar-refractivity contribution is 7.92. The molecule has 0 heterocycles. The zero-order valence-electron chi connectivity index (χ0n) is 14.4. The fraction of sp³-hybridized carbons (Fsp3) is 0.278. The fourth-order valence-electron chi connectivity index (χ4n) is 2.53. The van der Waals surface area contributed by atoms with Crippen molar-refractivity contribution >= 4 is 27.3 Å². The first-order valence-corrected chi connectivity index (χ1v) is 9.70. The van der Waals surface area contributed by atoms with Crippen molar-refractivity contribution in [2.75, 3.05) is 15.9 Å². The Kier molecular flexibility index (Phi) is 5.79. The van der Waals surface area contributed by atoms with Crippen molar-refractivity contribution in [1.29, 1.82) is 0 Å². The lowest BCUT2D eigenvalue weighted by Crippen LogP contribution is -2.47. The first-order chi connectivity index (χ1) is 11.7. The molecule has 0 aliphatic carbocycles. The number of hydrogen-bond donors (Lipinski definition) is 1. The molecule has 0 fully saturated rings. The molecular formula is C18H21FN2O3S. The van der Waals surface area contributed by atoms with E-state index >= 15 is 0 Å². The van der Waals surface area contributed by atoms with E-state index in [4.69, 9.17) is 0 Å². The number of hydrogen-bond acceptors (Lipinski definition) is 3. The van der Waals surface area contributed by atoms with Crippen molar-refractivity contribution in [3.8, 4) is 0 Å². The Balaban J connectivity index is 2.38. The molecule has 7 heteroatoms. The van der Waals surface area contributed by atoms with Crippen LogP contribution in [0, 0.1) is 12.7 Å². The van der Waals surface area contributed by atoms with E-state index in [2.05, 4.69) is 5.32 Å². The minimum atomic E-state index is -3.71. The molecule has 1 atom stereocenters. The number of carbonyl (C=O) groups is 1. The number of sulfonamides is 1. The molecule has 134 valence electrons. The van der Waals surface area contributed by atoms with Crippen LogP contribution in [0.15, 0.2) is 48.5 Å². The van der Waals surface area contributed by atoms with E-state index in [9.17, 15) is 17.6 Å². The molecule has 2 rings (SSSR count).